The third kappa shape index (κ3) is 4.45. The highest BCUT2D eigenvalue weighted by atomic mass is 35.5. The summed E-state index contributed by atoms with van der Waals surface area (Å²) in [4.78, 5) is 25.2. The number of hydrogen-bond acceptors (Lipinski definition) is 3. The highest BCUT2D eigenvalue weighted by Crippen LogP contribution is 2.19. The number of rotatable bonds is 5. The number of likely N-dealkylation sites (tertiary alicyclic amines) is 1. The molecule has 1 atom stereocenters. The standard InChI is InChI=1S/C16H22ClN3O2/c1-11-12(4-2-6-14(11)17)8-19-16(22)13-5-3-7-20(9-13)10-15(18)21/h2,4,6,13H,3,5,7-10H2,1H3,(H2,18,21)(H,19,22)/t13-/m1/s1. The van der Waals surface area contributed by atoms with Gasteiger partial charge in [-0.15, -0.1) is 0 Å². The number of piperidine rings is 1. The van der Waals surface area contributed by atoms with Gasteiger partial charge in [0.05, 0.1) is 12.5 Å². The second-order valence-corrected chi connectivity index (χ2v) is 6.19. The molecule has 1 aromatic carbocycles. The van der Waals surface area contributed by atoms with Gasteiger partial charge in [-0.1, -0.05) is 23.7 Å². The first kappa shape index (κ1) is 16.8. The monoisotopic (exact) mass is 323 g/mol. The first-order valence-corrected chi connectivity index (χ1v) is 7.87. The first-order chi connectivity index (χ1) is 10.5. The van der Waals surface area contributed by atoms with Crippen LogP contribution in [0.2, 0.25) is 5.02 Å². The van der Waals surface area contributed by atoms with Gasteiger partial charge in [0, 0.05) is 18.1 Å². The molecule has 0 aliphatic carbocycles. The summed E-state index contributed by atoms with van der Waals surface area (Å²) >= 11 is 6.08. The van der Waals surface area contributed by atoms with Crippen LogP contribution >= 0.6 is 11.6 Å². The maximum atomic E-state index is 12.3. The number of nitrogens with zero attached hydrogens (tertiary/aromatic N) is 1. The lowest BCUT2D eigenvalue weighted by molar-refractivity contribution is -0.128. The van der Waals surface area contributed by atoms with Gasteiger partial charge < -0.3 is 11.1 Å². The van der Waals surface area contributed by atoms with Crippen LogP contribution < -0.4 is 11.1 Å². The average Bonchev–Trinajstić information content (AvgIpc) is 2.48. The summed E-state index contributed by atoms with van der Waals surface area (Å²) in [6, 6.07) is 5.68. The normalized spacial score (nSPS) is 18.9. The van der Waals surface area contributed by atoms with Crippen LogP contribution in [0.1, 0.15) is 24.0 Å². The average molecular weight is 324 g/mol. The van der Waals surface area contributed by atoms with Gasteiger partial charge in [-0.05, 0) is 43.5 Å². The summed E-state index contributed by atoms with van der Waals surface area (Å²) in [7, 11) is 0. The molecular weight excluding hydrogens is 302 g/mol. The van der Waals surface area contributed by atoms with Gasteiger partial charge in [0.1, 0.15) is 0 Å². The van der Waals surface area contributed by atoms with Gasteiger partial charge >= 0.3 is 0 Å². The van der Waals surface area contributed by atoms with Crippen LogP contribution in [0.5, 0.6) is 0 Å². The Balaban J connectivity index is 1.89. The molecule has 1 fully saturated rings. The van der Waals surface area contributed by atoms with Gasteiger partial charge in [-0.25, -0.2) is 0 Å². The smallest absolute Gasteiger partial charge is 0.231 e. The molecule has 2 rings (SSSR count). The second kappa shape index (κ2) is 7.61. The van der Waals surface area contributed by atoms with Crippen molar-refractivity contribution in [3.63, 3.8) is 0 Å². The summed E-state index contributed by atoms with van der Waals surface area (Å²) in [5.74, 6) is -0.420. The Morgan fingerprint density at radius 1 is 1.45 bits per heavy atom. The Bertz CT molecular complexity index is 562. The van der Waals surface area contributed by atoms with E-state index < -0.39 is 0 Å². The van der Waals surface area contributed by atoms with Crippen molar-refractivity contribution in [3.05, 3.63) is 34.3 Å². The number of amides is 2. The number of carbonyl (C=O) groups excluding carboxylic acids is 2. The zero-order valence-electron chi connectivity index (χ0n) is 12.8. The molecular formula is C16H22ClN3O2. The van der Waals surface area contributed by atoms with Gasteiger partial charge in [-0.2, -0.15) is 0 Å². The van der Waals surface area contributed by atoms with Crippen molar-refractivity contribution in [2.75, 3.05) is 19.6 Å². The SMILES string of the molecule is Cc1c(Cl)cccc1CNC(=O)[C@@H]1CCCN(CC(N)=O)C1. The number of benzene rings is 1. The van der Waals surface area contributed by atoms with Crippen LogP contribution in [0.25, 0.3) is 0 Å². The van der Waals surface area contributed by atoms with Crippen LogP contribution in [0.4, 0.5) is 0 Å². The van der Waals surface area contributed by atoms with Crippen LogP contribution in [-0.2, 0) is 16.1 Å². The Kier molecular flexibility index (Phi) is 5.80. The number of carbonyl (C=O) groups is 2. The summed E-state index contributed by atoms with van der Waals surface area (Å²) in [6.45, 7) is 4.04. The maximum absolute atomic E-state index is 12.3. The van der Waals surface area contributed by atoms with Crippen LogP contribution in [-0.4, -0.2) is 36.3 Å². The fourth-order valence-electron chi connectivity index (χ4n) is 2.80. The highest BCUT2D eigenvalue weighted by Gasteiger charge is 2.26. The van der Waals surface area contributed by atoms with Crippen molar-refractivity contribution in [1.29, 1.82) is 0 Å². The molecule has 6 heteroatoms. The minimum Gasteiger partial charge on any atom is -0.369 e. The Labute approximate surface area is 135 Å². The molecule has 1 saturated heterocycles. The minimum absolute atomic E-state index is 0.0218. The van der Waals surface area contributed by atoms with E-state index in [1.807, 2.05) is 30.0 Å². The molecule has 0 bridgehead atoms. The van der Waals surface area contributed by atoms with Crippen molar-refractivity contribution in [2.45, 2.75) is 26.3 Å². The quantitative estimate of drug-likeness (QED) is 0.861. The van der Waals surface area contributed by atoms with Crippen LogP contribution in [0.3, 0.4) is 0 Å². The molecule has 0 unspecified atom stereocenters. The van der Waals surface area contributed by atoms with Crippen molar-refractivity contribution < 1.29 is 9.59 Å². The molecule has 120 valence electrons. The highest BCUT2D eigenvalue weighted by molar-refractivity contribution is 6.31. The van der Waals surface area contributed by atoms with E-state index >= 15 is 0 Å². The van der Waals surface area contributed by atoms with E-state index in [-0.39, 0.29) is 24.3 Å². The lowest BCUT2D eigenvalue weighted by Crippen LogP contribution is -2.45. The maximum Gasteiger partial charge on any atom is 0.231 e. The molecule has 0 spiro atoms. The molecule has 5 nitrogen and oxygen atoms in total. The van der Waals surface area contributed by atoms with Gasteiger partial charge in [0.2, 0.25) is 11.8 Å². The molecule has 3 N–H and O–H groups in total. The van der Waals surface area contributed by atoms with E-state index in [1.54, 1.807) is 0 Å². The lowest BCUT2D eigenvalue weighted by atomic mass is 9.97. The summed E-state index contributed by atoms with van der Waals surface area (Å²) in [5, 5.41) is 3.68. The fraction of sp³-hybridized carbons (Fsp3) is 0.500. The predicted octanol–water partition coefficient (Wildman–Crippen LogP) is 1.46. The van der Waals surface area contributed by atoms with Crippen LogP contribution in [0.15, 0.2) is 18.2 Å². The van der Waals surface area contributed by atoms with Gasteiger partial charge in [0.25, 0.3) is 0 Å². The van der Waals surface area contributed by atoms with E-state index in [9.17, 15) is 9.59 Å². The Morgan fingerprint density at radius 2 is 2.23 bits per heavy atom. The summed E-state index contributed by atoms with van der Waals surface area (Å²) < 4.78 is 0. The number of nitrogens with one attached hydrogen (secondary N) is 1. The topological polar surface area (TPSA) is 75.4 Å². The second-order valence-electron chi connectivity index (χ2n) is 5.78. The number of primary amides is 1. The largest absolute Gasteiger partial charge is 0.369 e. The van der Waals surface area contributed by atoms with E-state index in [4.69, 9.17) is 17.3 Å². The third-order valence-electron chi connectivity index (χ3n) is 4.09. The Morgan fingerprint density at radius 3 is 2.95 bits per heavy atom. The number of nitrogens with two attached hydrogens (primary N) is 1. The summed E-state index contributed by atoms with van der Waals surface area (Å²) in [6.07, 6.45) is 1.75. The van der Waals surface area contributed by atoms with Crippen molar-refractivity contribution >= 4 is 23.4 Å². The zero-order chi connectivity index (χ0) is 16.1. The van der Waals surface area contributed by atoms with E-state index in [0.717, 1.165) is 30.5 Å². The van der Waals surface area contributed by atoms with Gasteiger partial charge in [0.15, 0.2) is 0 Å². The minimum atomic E-state index is -0.351. The zero-order valence-corrected chi connectivity index (χ0v) is 13.5. The molecule has 0 saturated carbocycles. The van der Waals surface area contributed by atoms with Crippen molar-refractivity contribution in [2.24, 2.45) is 11.7 Å². The molecule has 1 aromatic rings. The van der Waals surface area contributed by atoms with Gasteiger partial charge in [-0.3, -0.25) is 14.5 Å². The number of halogens is 1. The lowest BCUT2D eigenvalue weighted by Gasteiger charge is -2.31. The number of hydrogen-bond donors (Lipinski definition) is 2. The fourth-order valence-corrected chi connectivity index (χ4v) is 3.00. The molecule has 2 amide bonds. The molecule has 22 heavy (non-hydrogen) atoms. The van der Waals surface area contributed by atoms with Crippen molar-refractivity contribution in [1.82, 2.24) is 10.2 Å². The molecule has 1 heterocycles. The van der Waals surface area contributed by atoms with E-state index in [2.05, 4.69) is 5.32 Å². The van der Waals surface area contributed by atoms with Crippen LogP contribution in [0, 0.1) is 12.8 Å². The Hall–Kier alpha value is -1.59. The third-order valence-corrected chi connectivity index (χ3v) is 4.50. The molecule has 0 radical (unpaired) electrons. The predicted molar refractivity (Wildman–Crippen MR) is 86.4 cm³/mol. The first-order valence-electron chi connectivity index (χ1n) is 7.49. The summed E-state index contributed by atoms with van der Waals surface area (Å²) in [5.41, 5.74) is 7.23. The molecule has 1 aliphatic rings. The van der Waals surface area contributed by atoms with Crippen molar-refractivity contribution in [3.8, 4) is 0 Å². The van der Waals surface area contributed by atoms with E-state index in [0.29, 0.717) is 18.1 Å². The molecule has 1 aliphatic heterocycles. The molecule has 0 aromatic heterocycles. The van der Waals surface area contributed by atoms with E-state index in [1.165, 1.54) is 0 Å².